The van der Waals surface area contributed by atoms with Gasteiger partial charge in [0, 0.05) is 9.50 Å². The smallest absolute Gasteiger partial charge is 0.274 e. The molecule has 1 heterocycles. The largest absolute Gasteiger partial charge is 0.323 e. The number of amides is 1. The zero-order chi connectivity index (χ0) is 13.8. The van der Waals surface area contributed by atoms with Gasteiger partial charge in [-0.15, -0.1) is 0 Å². The Balaban J connectivity index is 2.15. The number of anilines is 2. The third-order valence-corrected chi connectivity index (χ3v) is 3.23. The van der Waals surface area contributed by atoms with Crippen molar-refractivity contribution in [3.05, 3.63) is 51.7 Å². The highest BCUT2D eigenvalue weighted by Gasteiger charge is 2.09. The van der Waals surface area contributed by atoms with Gasteiger partial charge in [-0.1, -0.05) is 11.6 Å². The second-order valence-electron chi connectivity index (χ2n) is 3.65. The maximum atomic E-state index is 12.0. The fraction of sp³-hybridized carbons (Fsp3) is 0. The minimum Gasteiger partial charge on any atom is -0.323 e. The van der Waals surface area contributed by atoms with E-state index in [0.29, 0.717) is 26.6 Å². The lowest BCUT2D eigenvalue weighted by Crippen LogP contribution is -2.14. The molecule has 5 nitrogen and oxygen atoms in total. The fourth-order valence-electron chi connectivity index (χ4n) is 1.39. The number of benzene rings is 1. The first-order chi connectivity index (χ1) is 9.10. The average Bonchev–Trinajstić information content (AvgIpc) is 2.42. The molecule has 0 saturated carbocycles. The van der Waals surface area contributed by atoms with Crippen molar-refractivity contribution in [3.8, 4) is 0 Å². The van der Waals surface area contributed by atoms with Gasteiger partial charge in [-0.05, 0) is 46.3 Å². The molecule has 0 saturated heterocycles. The molecule has 2 rings (SSSR count). The maximum Gasteiger partial charge on any atom is 0.274 e. The van der Waals surface area contributed by atoms with Crippen LogP contribution in [0.25, 0.3) is 0 Å². The number of aromatic nitrogens is 1. The van der Waals surface area contributed by atoms with E-state index in [-0.39, 0.29) is 5.91 Å². The first-order valence-corrected chi connectivity index (χ1v) is 6.46. The number of hydrazine groups is 1. The molecule has 0 fully saturated rings. The summed E-state index contributed by atoms with van der Waals surface area (Å²) < 4.78 is 0.702. The summed E-state index contributed by atoms with van der Waals surface area (Å²) in [7, 11) is 0. The molecular weight excluding hydrogens is 332 g/mol. The summed E-state index contributed by atoms with van der Waals surface area (Å²) in [6.45, 7) is 0. The number of pyridine rings is 1. The van der Waals surface area contributed by atoms with E-state index in [9.17, 15) is 4.79 Å². The van der Waals surface area contributed by atoms with Crippen LogP contribution in [0.5, 0.6) is 0 Å². The molecule has 4 N–H and O–H groups in total. The standard InChI is InChI=1S/C12H10BrClN4O/c13-9-5-7(14)1-3-10(9)17-12(19)11-4-2-8(18-15)6-16-11/h1-6,18H,15H2,(H,17,19). The third kappa shape index (κ3) is 3.44. The molecule has 0 atom stereocenters. The van der Waals surface area contributed by atoms with E-state index in [1.54, 1.807) is 30.3 Å². The summed E-state index contributed by atoms with van der Waals surface area (Å²) in [4.78, 5) is 16.0. The number of nitrogen functional groups attached to an aromatic ring is 1. The van der Waals surface area contributed by atoms with Gasteiger partial charge in [-0.2, -0.15) is 0 Å². The lowest BCUT2D eigenvalue weighted by Gasteiger charge is -2.07. The minimum absolute atomic E-state index is 0.292. The second kappa shape index (κ2) is 6.01. The molecule has 0 spiro atoms. The van der Waals surface area contributed by atoms with Crippen molar-refractivity contribution in [1.82, 2.24) is 4.98 Å². The van der Waals surface area contributed by atoms with Gasteiger partial charge in [-0.25, -0.2) is 4.98 Å². The molecule has 0 unspecified atom stereocenters. The zero-order valence-corrected chi connectivity index (χ0v) is 12.0. The molecule has 19 heavy (non-hydrogen) atoms. The summed E-state index contributed by atoms with van der Waals surface area (Å²) in [6, 6.07) is 8.34. The third-order valence-electron chi connectivity index (χ3n) is 2.34. The number of nitrogens with one attached hydrogen (secondary N) is 2. The lowest BCUT2D eigenvalue weighted by molar-refractivity contribution is 0.102. The van der Waals surface area contributed by atoms with Crippen LogP contribution in [0.4, 0.5) is 11.4 Å². The Labute approximate surface area is 123 Å². The van der Waals surface area contributed by atoms with Gasteiger partial charge >= 0.3 is 0 Å². The van der Waals surface area contributed by atoms with Crippen LogP contribution in [0.1, 0.15) is 10.5 Å². The van der Waals surface area contributed by atoms with Gasteiger partial charge in [0.2, 0.25) is 0 Å². The average molecular weight is 342 g/mol. The molecule has 0 bridgehead atoms. The van der Waals surface area contributed by atoms with Gasteiger partial charge in [-0.3, -0.25) is 10.6 Å². The monoisotopic (exact) mass is 340 g/mol. The van der Waals surface area contributed by atoms with E-state index >= 15 is 0 Å². The van der Waals surface area contributed by atoms with Crippen LogP contribution in [0.15, 0.2) is 41.0 Å². The Hall–Kier alpha value is -1.63. The quantitative estimate of drug-likeness (QED) is 0.592. The highest BCUT2D eigenvalue weighted by Crippen LogP contribution is 2.26. The summed E-state index contributed by atoms with van der Waals surface area (Å²) >= 11 is 9.15. The van der Waals surface area contributed by atoms with Gasteiger partial charge in [0.05, 0.1) is 17.6 Å². The molecule has 7 heteroatoms. The SMILES string of the molecule is NNc1ccc(C(=O)Nc2ccc(Cl)cc2Br)nc1. The summed E-state index contributed by atoms with van der Waals surface area (Å²) in [6.07, 6.45) is 1.48. The van der Waals surface area contributed by atoms with Crippen LogP contribution in [-0.2, 0) is 0 Å². The maximum absolute atomic E-state index is 12.0. The van der Waals surface area contributed by atoms with Crippen molar-refractivity contribution in [2.24, 2.45) is 5.84 Å². The highest BCUT2D eigenvalue weighted by molar-refractivity contribution is 9.10. The topological polar surface area (TPSA) is 80.0 Å². The summed E-state index contributed by atoms with van der Waals surface area (Å²) in [5.74, 6) is 4.91. The number of hydrogen-bond acceptors (Lipinski definition) is 4. The lowest BCUT2D eigenvalue weighted by atomic mass is 10.3. The van der Waals surface area contributed by atoms with E-state index in [2.05, 4.69) is 31.7 Å². The number of carbonyl (C=O) groups is 1. The van der Waals surface area contributed by atoms with Crippen LogP contribution >= 0.6 is 27.5 Å². The number of rotatable bonds is 3. The molecular formula is C12H10BrClN4O. The molecule has 0 radical (unpaired) electrons. The van der Waals surface area contributed by atoms with Crippen molar-refractivity contribution < 1.29 is 4.79 Å². The molecule has 0 aliphatic rings. The van der Waals surface area contributed by atoms with Crippen LogP contribution in [-0.4, -0.2) is 10.9 Å². The van der Waals surface area contributed by atoms with Gasteiger partial charge < -0.3 is 10.7 Å². The predicted molar refractivity (Wildman–Crippen MR) is 79.2 cm³/mol. The molecule has 1 aromatic heterocycles. The number of hydrogen-bond donors (Lipinski definition) is 3. The molecule has 0 aliphatic heterocycles. The highest BCUT2D eigenvalue weighted by atomic mass is 79.9. The van der Waals surface area contributed by atoms with E-state index in [0.717, 1.165) is 0 Å². The molecule has 1 aromatic carbocycles. The Bertz CT molecular complexity index is 603. The minimum atomic E-state index is -0.313. The molecule has 0 aliphatic carbocycles. The van der Waals surface area contributed by atoms with Crippen LogP contribution < -0.4 is 16.6 Å². The Kier molecular flexibility index (Phi) is 4.36. The predicted octanol–water partition coefficient (Wildman–Crippen LogP) is 3.04. The second-order valence-corrected chi connectivity index (χ2v) is 4.95. The number of halogens is 2. The molecule has 98 valence electrons. The molecule has 1 amide bonds. The number of carbonyl (C=O) groups excluding carboxylic acids is 1. The van der Waals surface area contributed by atoms with Gasteiger partial charge in [0.1, 0.15) is 5.69 Å². The first-order valence-electron chi connectivity index (χ1n) is 5.29. The van der Waals surface area contributed by atoms with Crippen molar-refractivity contribution in [1.29, 1.82) is 0 Å². The van der Waals surface area contributed by atoms with Crippen molar-refractivity contribution in [2.45, 2.75) is 0 Å². The van der Waals surface area contributed by atoms with Gasteiger partial charge in [0.25, 0.3) is 5.91 Å². The van der Waals surface area contributed by atoms with Crippen LogP contribution in [0.2, 0.25) is 5.02 Å². The summed E-state index contributed by atoms with van der Waals surface area (Å²) in [5.41, 5.74) is 3.99. The Morgan fingerprint density at radius 3 is 2.68 bits per heavy atom. The van der Waals surface area contributed by atoms with Crippen LogP contribution in [0.3, 0.4) is 0 Å². The van der Waals surface area contributed by atoms with Crippen molar-refractivity contribution >= 4 is 44.8 Å². The van der Waals surface area contributed by atoms with E-state index in [1.165, 1.54) is 6.20 Å². The number of nitrogens with zero attached hydrogens (tertiary/aromatic N) is 1. The van der Waals surface area contributed by atoms with E-state index in [4.69, 9.17) is 17.4 Å². The zero-order valence-electron chi connectivity index (χ0n) is 9.65. The van der Waals surface area contributed by atoms with Crippen LogP contribution in [0, 0.1) is 0 Å². The van der Waals surface area contributed by atoms with Gasteiger partial charge in [0.15, 0.2) is 0 Å². The van der Waals surface area contributed by atoms with E-state index < -0.39 is 0 Å². The summed E-state index contributed by atoms with van der Waals surface area (Å²) in [5, 5.41) is 3.32. The fourth-order valence-corrected chi connectivity index (χ4v) is 2.17. The number of nitrogens with two attached hydrogens (primary N) is 1. The first kappa shape index (κ1) is 13.8. The van der Waals surface area contributed by atoms with Crippen molar-refractivity contribution in [3.63, 3.8) is 0 Å². The van der Waals surface area contributed by atoms with Crippen molar-refractivity contribution in [2.75, 3.05) is 10.7 Å². The molecule has 2 aromatic rings. The Morgan fingerprint density at radius 1 is 1.32 bits per heavy atom. The van der Waals surface area contributed by atoms with E-state index in [1.807, 2.05) is 0 Å². The Morgan fingerprint density at radius 2 is 2.11 bits per heavy atom. The normalized spacial score (nSPS) is 10.1.